The quantitative estimate of drug-likeness (QED) is 0.657. The predicted molar refractivity (Wildman–Crippen MR) is 69.0 cm³/mol. The van der Waals surface area contributed by atoms with Crippen LogP contribution in [0.1, 0.15) is 5.56 Å². The Labute approximate surface area is 108 Å². The van der Waals surface area contributed by atoms with Crippen molar-refractivity contribution >= 4 is 23.5 Å². The fourth-order valence-electron chi connectivity index (χ4n) is 1.31. The maximum absolute atomic E-state index is 13.2. The number of hydrazone groups is 1. The van der Waals surface area contributed by atoms with E-state index in [9.17, 15) is 8.78 Å². The largest absolute Gasteiger partial charge is 0.276 e. The number of nitrogens with zero attached hydrogens (tertiary/aromatic N) is 1. The molecule has 0 aromatic heterocycles. The average Bonchev–Trinajstić information content (AvgIpc) is 2.34. The van der Waals surface area contributed by atoms with Crippen molar-refractivity contribution in [3.63, 3.8) is 0 Å². The Morgan fingerprint density at radius 3 is 2.44 bits per heavy atom. The zero-order valence-electron chi connectivity index (χ0n) is 9.20. The van der Waals surface area contributed by atoms with Crippen molar-refractivity contribution < 1.29 is 8.78 Å². The molecule has 0 aliphatic carbocycles. The summed E-state index contributed by atoms with van der Waals surface area (Å²) in [6.45, 7) is 0. The molecule has 0 aliphatic rings. The molecule has 0 atom stereocenters. The fraction of sp³-hybridized carbons (Fsp3) is 0. The number of halogens is 3. The summed E-state index contributed by atoms with van der Waals surface area (Å²) in [6, 6.07) is 10.2. The molecule has 0 heterocycles. The van der Waals surface area contributed by atoms with Crippen molar-refractivity contribution in [3.8, 4) is 0 Å². The molecule has 92 valence electrons. The number of rotatable bonds is 3. The van der Waals surface area contributed by atoms with Crippen molar-refractivity contribution in [2.75, 3.05) is 5.43 Å². The molecule has 0 amide bonds. The summed E-state index contributed by atoms with van der Waals surface area (Å²) in [5.41, 5.74) is 3.42. The summed E-state index contributed by atoms with van der Waals surface area (Å²) < 4.78 is 25.9. The maximum atomic E-state index is 13.2. The molecule has 18 heavy (non-hydrogen) atoms. The number of hydrogen-bond donors (Lipinski definition) is 1. The summed E-state index contributed by atoms with van der Waals surface area (Å²) >= 11 is 5.73. The summed E-state index contributed by atoms with van der Waals surface area (Å²) in [5, 5.41) is 4.48. The van der Waals surface area contributed by atoms with Gasteiger partial charge in [-0.25, -0.2) is 8.78 Å². The van der Waals surface area contributed by atoms with Crippen LogP contribution in [0.4, 0.5) is 14.5 Å². The van der Waals surface area contributed by atoms with Gasteiger partial charge in [0.25, 0.3) is 0 Å². The summed E-state index contributed by atoms with van der Waals surface area (Å²) in [6.07, 6.45) is 1.51. The third-order valence-corrected chi connectivity index (χ3v) is 2.45. The molecule has 0 spiro atoms. The SMILES string of the molecule is Fc1ccc(N/N=C\c2ccc(Cl)cc2)c(F)c1. The summed E-state index contributed by atoms with van der Waals surface area (Å²) in [7, 11) is 0. The molecule has 2 nitrogen and oxygen atoms in total. The van der Waals surface area contributed by atoms with Crippen LogP contribution in [0.2, 0.25) is 5.02 Å². The second-order valence-corrected chi connectivity index (χ2v) is 3.98. The van der Waals surface area contributed by atoms with Crippen LogP contribution in [0.15, 0.2) is 47.6 Å². The van der Waals surface area contributed by atoms with E-state index < -0.39 is 11.6 Å². The van der Waals surface area contributed by atoms with Crippen molar-refractivity contribution in [1.29, 1.82) is 0 Å². The highest BCUT2D eigenvalue weighted by Gasteiger charge is 2.01. The van der Waals surface area contributed by atoms with Crippen molar-refractivity contribution in [3.05, 3.63) is 64.7 Å². The minimum atomic E-state index is -0.691. The van der Waals surface area contributed by atoms with E-state index in [0.717, 1.165) is 17.7 Å². The molecule has 1 N–H and O–H groups in total. The minimum Gasteiger partial charge on any atom is -0.276 e. The normalized spacial score (nSPS) is 10.8. The molecule has 0 unspecified atom stereocenters. The van der Waals surface area contributed by atoms with Gasteiger partial charge in [0.1, 0.15) is 5.82 Å². The number of nitrogens with one attached hydrogen (secondary N) is 1. The third-order valence-electron chi connectivity index (χ3n) is 2.20. The first kappa shape index (κ1) is 12.5. The molecule has 2 rings (SSSR count). The standard InChI is InChI=1S/C13H9ClF2N2/c14-10-3-1-9(2-4-10)8-17-18-13-6-5-11(15)7-12(13)16/h1-8,18H/b17-8-. The minimum absolute atomic E-state index is 0.113. The molecule has 0 radical (unpaired) electrons. The van der Waals surface area contributed by atoms with E-state index in [2.05, 4.69) is 10.5 Å². The molecule has 0 saturated carbocycles. The first-order valence-corrected chi connectivity index (χ1v) is 5.52. The van der Waals surface area contributed by atoms with Gasteiger partial charge in [-0.15, -0.1) is 0 Å². The lowest BCUT2D eigenvalue weighted by atomic mass is 10.2. The second-order valence-electron chi connectivity index (χ2n) is 3.55. The van der Waals surface area contributed by atoms with E-state index >= 15 is 0 Å². The number of anilines is 1. The first-order valence-electron chi connectivity index (χ1n) is 5.15. The van der Waals surface area contributed by atoms with E-state index in [-0.39, 0.29) is 5.69 Å². The van der Waals surface area contributed by atoms with E-state index in [4.69, 9.17) is 11.6 Å². The zero-order chi connectivity index (χ0) is 13.0. The molecule has 5 heteroatoms. The predicted octanol–water partition coefficient (Wildman–Crippen LogP) is 4.06. The van der Waals surface area contributed by atoms with E-state index in [1.807, 2.05) is 0 Å². The Balaban J connectivity index is 2.05. The van der Waals surface area contributed by atoms with Crippen LogP contribution in [0.3, 0.4) is 0 Å². The van der Waals surface area contributed by atoms with Crippen LogP contribution in [-0.4, -0.2) is 6.21 Å². The Kier molecular flexibility index (Phi) is 3.89. The lowest BCUT2D eigenvalue weighted by molar-refractivity contribution is 0.585. The Hall–Kier alpha value is -1.94. The molecule has 0 aliphatic heterocycles. The lowest BCUT2D eigenvalue weighted by Crippen LogP contribution is -1.94. The zero-order valence-corrected chi connectivity index (χ0v) is 9.96. The first-order chi connectivity index (χ1) is 8.65. The third kappa shape index (κ3) is 3.28. The molecule has 0 saturated heterocycles. The van der Waals surface area contributed by atoms with Gasteiger partial charge >= 0.3 is 0 Å². The second kappa shape index (κ2) is 5.60. The van der Waals surface area contributed by atoms with E-state index in [1.54, 1.807) is 24.3 Å². The monoisotopic (exact) mass is 266 g/mol. The highest BCUT2D eigenvalue weighted by Crippen LogP contribution is 2.14. The van der Waals surface area contributed by atoms with Gasteiger partial charge in [-0.3, -0.25) is 5.43 Å². The van der Waals surface area contributed by atoms with Crippen molar-refractivity contribution in [2.24, 2.45) is 5.10 Å². The molecule has 0 bridgehead atoms. The topological polar surface area (TPSA) is 24.4 Å². The molecule has 2 aromatic carbocycles. The van der Waals surface area contributed by atoms with Gasteiger partial charge in [-0.1, -0.05) is 23.7 Å². The summed E-state index contributed by atoms with van der Waals surface area (Å²) in [5.74, 6) is -1.32. The lowest BCUT2D eigenvalue weighted by Gasteiger charge is -2.01. The van der Waals surface area contributed by atoms with Crippen LogP contribution in [0.5, 0.6) is 0 Å². The van der Waals surface area contributed by atoms with Gasteiger partial charge in [0.2, 0.25) is 0 Å². The molecular formula is C13H9ClF2N2. The Bertz CT molecular complexity index is 568. The van der Waals surface area contributed by atoms with Gasteiger partial charge in [0.05, 0.1) is 11.9 Å². The van der Waals surface area contributed by atoms with Crippen LogP contribution >= 0.6 is 11.6 Å². The van der Waals surface area contributed by atoms with Gasteiger partial charge in [-0.2, -0.15) is 5.10 Å². The summed E-state index contributed by atoms with van der Waals surface area (Å²) in [4.78, 5) is 0. The van der Waals surface area contributed by atoms with Crippen LogP contribution in [0, 0.1) is 11.6 Å². The van der Waals surface area contributed by atoms with Crippen molar-refractivity contribution in [1.82, 2.24) is 0 Å². The van der Waals surface area contributed by atoms with E-state index in [1.165, 1.54) is 12.3 Å². The van der Waals surface area contributed by atoms with Gasteiger partial charge in [0, 0.05) is 11.1 Å². The van der Waals surface area contributed by atoms with Gasteiger partial charge in [0.15, 0.2) is 5.82 Å². The average molecular weight is 267 g/mol. The highest BCUT2D eigenvalue weighted by atomic mass is 35.5. The smallest absolute Gasteiger partial charge is 0.151 e. The maximum Gasteiger partial charge on any atom is 0.151 e. The number of benzene rings is 2. The van der Waals surface area contributed by atoms with Crippen LogP contribution < -0.4 is 5.43 Å². The van der Waals surface area contributed by atoms with Gasteiger partial charge in [-0.05, 0) is 29.8 Å². The molecule has 0 fully saturated rings. The fourth-order valence-corrected chi connectivity index (χ4v) is 1.43. The Morgan fingerprint density at radius 2 is 1.78 bits per heavy atom. The highest BCUT2D eigenvalue weighted by molar-refractivity contribution is 6.30. The molecule has 2 aromatic rings. The number of hydrogen-bond acceptors (Lipinski definition) is 2. The van der Waals surface area contributed by atoms with Gasteiger partial charge < -0.3 is 0 Å². The van der Waals surface area contributed by atoms with Crippen LogP contribution in [0.25, 0.3) is 0 Å². The molecular weight excluding hydrogens is 258 g/mol. The Morgan fingerprint density at radius 1 is 1.06 bits per heavy atom. The van der Waals surface area contributed by atoms with Crippen molar-refractivity contribution in [2.45, 2.75) is 0 Å². The van der Waals surface area contributed by atoms with Crippen LogP contribution in [-0.2, 0) is 0 Å². The van der Waals surface area contributed by atoms with E-state index in [0.29, 0.717) is 5.02 Å².